The molecule has 1 aliphatic rings. The number of carbonyl (C=O) groups is 1. The van der Waals surface area contributed by atoms with Crippen LogP contribution < -0.4 is 4.90 Å². The normalized spacial score (nSPS) is 14.7. The number of halogens is 3. The Morgan fingerprint density at radius 1 is 1.03 bits per heavy atom. The number of amides is 1. The van der Waals surface area contributed by atoms with Gasteiger partial charge in [0.05, 0.1) is 21.0 Å². The van der Waals surface area contributed by atoms with Crippen LogP contribution in [-0.4, -0.2) is 46.8 Å². The summed E-state index contributed by atoms with van der Waals surface area (Å²) < 4.78 is 38.5. The summed E-state index contributed by atoms with van der Waals surface area (Å²) in [7, 11) is 0. The lowest BCUT2D eigenvalue weighted by Crippen LogP contribution is -2.48. The highest BCUT2D eigenvalue weighted by Crippen LogP contribution is 2.37. The van der Waals surface area contributed by atoms with Crippen LogP contribution in [0.2, 0.25) is 0 Å². The van der Waals surface area contributed by atoms with Gasteiger partial charge in [0.2, 0.25) is 0 Å². The summed E-state index contributed by atoms with van der Waals surface area (Å²) in [6.07, 6.45) is -4.70. The van der Waals surface area contributed by atoms with E-state index in [2.05, 4.69) is 0 Å². The van der Waals surface area contributed by atoms with Crippen LogP contribution in [0.5, 0.6) is 0 Å². The molecule has 1 aromatic carbocycles. The summed E-state index contributed by atoms with van der Waals surface area (Å²) in [5, 5.41) is 23.2. The summed E-state index contributed by atoms with van der Waals surface area (Å²) in [5.74, 6) is -0.407. The minimum atomic E-state index is -4.70. The summed E-state index contributed by atoms with van der Waals surface area (Å²) in [4.78, 5) is 36.0. The van der Waals surface area contributed by atoms with Crippen molar-refractivity contribution in [2.45, 2.75) is 6.18 Å². The Labute approximate surface area is 165 Å². The minimum absolute atomic E-state index is 0.0428. The van der Waals surface area contributed by atoms with Crippen LogP contribution in [0.4, 0.5) is 29.5 Å². The Morgan fingerprint density at radius 3 is 2.21 bits per heavy atom. The highest BCUT2D eigenvalue weighted by molar-refractivity contribution is 7.13. The van der Waals surface area contributed by atoms with Gasteiger partial charge >= 0.3 is 11.2 Å². The van der Waals surface area contributed by atoms with Crippen LogP contribution in [0.15, 0.2) is 29.6 Å². The highest BCUT2D eigenvalue weighted by Gasteiger charge is 2.34. The number of thiophene rings is 1. The maximum Gasteiger partial charge on any atom is 0.416 e. The van der Waals surface area contributed by atoms with E-state index in [1.807, 2.05) is 0 Å². The van der Waals surface area contributed by atoms with Gasteiger partial charge in [0.15, 0.2) is 0 Å². The largest absolute Gasteiger partial charge is 0.416 e. The maximum atomic E-state index is 12.8. The Morgan fingerprint density at radius 2 is 1.69 bits per heavy atom. The molecule has 0 aliphatic carbocycles. The molecule has 0 saturated carbocycles. The molecule has 0 spiro atoms. The van der Waals surface area contributed by atoms with Crippen molar-refractivity contribution in [2.24, 2.45) is 0 Å². The van der Waals surface area contributed by atoms with Gasteiger partial charge in [-0.1, -0.05) is 11.3 Å². The molecule has 2 aromatic rings. The zero-order valence-electron chi connectivity index (χ0n) is 14.6. The molecule has 0 N–H and O–H groups in total. The number of rotatable bonds is 4. The van der Waals surface area contributed by atoms with Gasteiger partial charge in [0.1, 0.15) is 5.69 Å². The highest BCUT2D eigenvalue weighted by atomic mass is 32.1. The molecule has 1 amide bonds. The van der Waals surface area contributed by atoms with E-state index in [0.717, 1.165) is 23.5 Å². The second-order valence-electron chi connectivity index (χ2n) is 6.17. The summed E-state index contributed by atoms with van der Waals surface area (Å²) >= 11 is 0.832. The fraction of sp³-hybridized carbons (Fsp3) is 0.312. The maximum absolute atomic E-state index is 12.8. The van der Waals surface area contributed by atoms with Crippen molar-refractivity contribution in [1.82, 2.24) is 4.90 Å². The molecule has 1 aliphatic heterocycles. The van der Waals surface area contributed by atoms with Gasteiger partial charge in [-0.15, -0.1) is 0 Å². The molecular formula is C16H13F3N4O5S. The van der Waals surface area contributed by atoms with Crippen molar-refractivity contribution in [3.63, 3.8) is 0 Å². The van der Waals surface area contributed by atoms with Crippen LogP contribution in [0.25, 0.3) is 0 Å². The zero-order chi connectivity index (χ0) is 21.3. The summed E-state index contributed by atoms with van der Waals surface area (Å²) in [6.45, 7) is 0.676. The molecule has 0 atom stereocenters. The van der Waals surface area contributed by atoms with E-state index in [1.54, 1.807) is 0 Å². The van der Waals surface area contributed by atoms with Gasteiger partial charge in [-0.05, 0) is 12.1 Å². The lowest BCUT2D eigenvalue weighted by molar-refractivity contribution is -0.384. The zero-order valence-corrected chi connectivity index (χ0v) is 15.4. The quantitative estimate of drug-likeness (QED) is 0.542. The first-order chi connectivity index (χ1) is 13.6. The van der Waals surface area contributed by atoms with Crippen molar-refractivity contribution >= 4 is 33.6 Å². The topological polar surface area (TPSA) is 110 Å². The third-order valence-electron chi connectivity index (χ3n) is 4.42. The lowest BCUT2D eigenvalue weighted by Gasteiger charge is -2.35. The molecule has 1 fully saturated rings. The predicted molar refractivity (Wildman–Crippen MR) is 97.2 cm³/mol. The van der Waals surface area contributed by atoms with Crippen molar-refractivity contribution in [2.75, 3.05) is 31.1 Å². The fourth-order valence-corrected chi connectivity index (χ4v) is 3.68. The number of nitrogens with zero attached hydrogens (tertiary/aromatic N) is 4. The molecule has 0 bridgehead atoms. The molecular weight excluding hydrogens is 417 g/mol. The number of piperazine rings is 1. The number of benzene rings is 1. The summed E-state index contributed by atoms with van der Waals surface area (Å²) in [6, 6.07) is 3.52. The van der Waals surface area contributed by atoms with Crippen LogP contribution in [0, 0.1) is 20.2 Å². The minimum Gasteiger partial charge on any atom is -0.362 e. The lowest BCUT2D eigenvalue weighted by atomic mass is 10.1. The SMILES string of the molecule is O=C(c1csc([N+](=O)[O-])c1)N1CCN(c2ccc(C(F)(F)F)cc2[N+](=O)[O-])CC1. The van der Waals surface area contributed by atoms with E-state index in [1.165, 1.54) is 21.2 Å². The molecule has 3 rings (SSSR count). The molecule has 9 nitrogen and oxygen atoms in total. The van der Waals surface area contributed by atoms with Gasteiger partial charge in [-0.2, -0.15) is 13.2 Å². The fourth-order valence-electron chi connectivity index (χ4n) is 2.98. The van der Waals surface area contributed by atoms with Crippen LogP contribution in [-0.2, 0) is 6.18 Å². The van der Waals surface area contributed by atoms with Crippen molar-refractivity contribution in [3.05, 3.63) is 61.0 Å². The molecule has 0 radical (unpaired) electrons. The first-order valence-corrected chi connectivity index (χ1v) is 9.08. The second-order valence-corrected chi connectivity index (χ2v) is 7.06. The molecule has 2 heterocycles. The van der Waals surface area contributed by atoms with Gasteiger partial charge in [0.25, 0.3) is 11.6 Å². The first kappa shape index (κ1) is 20.5. The van der Waals surface area contributed by atoms with Gasteiger partial charge in [0, 0.05) is 43.7 Å². The Hall–Kier alpha value is -3.22. The Bertz CT molecular complexity index is 970. The third-order valence-corrected chi connectivity index (χ3v) is 5.30. The number of anilines is 1. The van der Waals surface area contributed by atoms with E-state index < -0.39 is 33.2 Å². The Kier molecular flexibility index (Phi) is 5.42. The first-order valence-electron chi connectivity index (χ1n) is 8.20. The van der Waals surface area contributed by atoms with Crippen molar-refractivity contribution in [3.8, 4) is 0 Å². The van der Waals surface area contributed by atoms with Crippen molar-refractivity contribution < 1.29 is 27.8 Å². The van der Waals surface area contributed by atoms with E-state index in [-0.39, 0.29) is 42.4 Å². The molecule has 1 aromatic heterocycles. The average Bonchev–Trinajstić information content (AvgIpc) is 3.17. The standard InChI is InChI=1S/C16H13F3N4O5S/c17-16(18,19)11-1-2-12(13(8-11)22(25)26)20-3-5-21(6-4-20)15(24)10-7-14(23(27)28)29-9-10/h1-2,7-9H,3-6H2. The number of hydrogen-bond donors (Lipinski definition) is 0. The number of nitro groups is 2. The van der Waals surface area contributed by atoms with Gasteiger partial charge < -0.3 is 9.80 Å². The monoisotopic (exact) mass is 430 g/mol. The van der Waals surface area contributed by atoms with Crippen LogP contribution >= 0.6 is 11.3 Å². The number of hydrogen-bond acceptors (Lipinski definition) is 7. The Balaban J connectivity index is 1.74. The average molecular weight is 430 g/mol. The molecule has 13 heteroatoms. The molecule has 154 valence electrons. The van der Waals surface area contributed by atoms with Crippen LogP contribution in [0.3, 0.4) is 0 Å². The van der Waals surface area contributed by atoms with E-state index in [9.17, 15) is 38.2 Å². The molecule has 1 saturated heterocycles. The van der Waals surface area contributed by atoms with Gasteiger partial charge in [-0.25, -0.2) is 0 Å². The van der Waals surface area contributed by atoms with E-state index in [4.69, 9.17) is 0 Å². The predicted octanol–water partition coefficient (Wildman–Crippen LogP) is 3.55. The van der Waals surface area contributed by atoms with E-state index >= 15 is 0 Å². The summed E-state index contributed by atoms with van der Waals surface area (Å²) in [5.41, 5.74) is -1.55. The second kappa shape index (κ2) is 7.66. The number of alkyl halides is 3. The van der Waals surface area contributed by atoms with Gasteiger partial charge in [-0.3, -0.25) is 25.0 Å². The molecule has 0 unspecified atom stereocenters. The van der Waals surface area contributed by atoms with Crippen LogP contribution in [0.1, 0.15) is 15.9 Å². The smallest absolute Gasteiger partial charge is 0.362 e. The molecule has 29 heavy (non-hydrogen) atoms. The number of nitro benzene ring substituents is 1. The third kappa shape index (κ3) is 4.29. The number of carbonyl (C=O) groups excluding carboxylic acids is 1. The van der Waals surface area contributed by atoms with E-state index in [0.29, 0.717) is 6.07 Å². The van der Waals surface area contributed by atoms with Crippen molar-refractivity contribution in [1.29, 1.82) is 0 Å².